The molecule has 6 heteroatoms. The van der Waals surface area contributed by atoms with Crippen LogP contribution < -0.4 is 5.73 Å². The lowest BCUT2D eigenvalue weighted by atomic mass is 10.2. The number of carbonyl (C=O) groups is 2. The van der Waals surface area contributed by atoms with Gasteiger partial charge in [0.15, 0.2) is 0 Å². The van der Waals surface area contributed by atoms with Crippen LogP contribution in [0.5, 0.6) is 0 Å². The first-order chi connectivity index (χ1) is 8.20. The van der Waals surface area contributed by atoms with E-state index in [2.05, 4.69) is 4.98 Å². The molecule has 0 spiro atoms. The molecule has 1 aliphatic rings. The summed E-state index contributed by atoms with van der Waals surface area (Å²) in [6.07, 6.45) is 2.32. The van der Waals surface area contributed by atoms with E-state index in [0.29, 0.717) is 37.6 Å². The van der Waals surface area contributed by atoms with Gasteiger partial charge in [0.1, 0.15) is 5.69 Å². The third kappa shape index (κ3) is 2.52. The summed E-state index contributed by atoms with van der Waals surface area (Å²) in [5.41, 5.74) is 6.48. The van der Waals surface area contributed by atoms with Crippen molar-refractivity contribution in [2.45, 2.75) is 0 Å². The molecule has 0 aromatic carbocycles. The van der Waals surface area contributed by atoms with Gasteiger partial charge in [-0.05, 0) is 12.1 Å². The maximum atomic E-state index is 12.0. The lowest BCUT2D eigenvalue weighted by molar-refractivity contribution is -0.119. The minimum atomic E-state index is -0.136. The molecule has 1 aliphatic heterocycles. The Hall–Kier alpha value is -2.11. The first-order valence-corrected chi connectivity index (χ1v) is 5.41. The summed E-state index contributed by atoms with van der Waals surface area (Å²) in [6.45, 7) is 2.21. The van der Waals surface area contributed by atoms with Gasteiger partial charge in [0, 0.05) is 38.1 Å². The first-order valence-electron chi connectivity index (χ1n) is 5.41. The van der Waals surface area contributed by atoms with Crippen LogP contribution in [0.2, 0.25) is 0 Å². The fraction of sp³-hybridized carbons (Fsp3) is 0.364. The molecule has 1 aromatic rings. The van der Waals surface area contributed by atoms with Crippen molar-refractivity contribution in [1.29, 1.82) is 0 Å². The van der Waals surface area contributed by atoms with Crippen LogP contribution >= 0.6 is 0 Å². The lowest BCUT2D eigenvalue weighted by Gasteiger charge is -2.32. The van der Waals surface area contributed by atoms with Crippen LogP contribution in [-0.2, 0) is 4.79 Å². The molecule has 2 rings (SSSR count). The normalized spacial score (nSPS) is 15.8. The van der Waals surface area contributed by atoms with Crippen molar-refractivity contribution in [2.75, 3.05) is 31.9 Å². The quantitative estimate of drug-likeness (QED) is 0.705. The van der Waals surface area contributed by atoms with E-state index < -0.39 is 0 Å². The Labute approximate surface area is 99.0 Å². The third-order valence-corrected chi connectivity index (χ3v) is 2.75. The standard InChI is InChI=1S/C11H14N4O2/c12-9-1-2-13-10(7-9)11(17)15-5-3-14(8-16)4-6-15/h1-2,7-8H,3-6H2,(H2,12,13). The van der Waals surface area contributed by atoms with Gasteiger partial charge in [-0.15, -0.1) is 0 Å². The van der Waals surface area contributed by atoms with E-state index in [9.17, 15) is 9.59 Å². The second-order valence-electron chi connectivity index (χ2n) is 3.91. The molecular weight excluding hydrogens is 220 g/mol. The second-order valence-corrected chi connectivity index (χ2v) is 3.91. The van der Waals surface area contributed by atoms with Gasteiger partial charge >= 0.3 is 0 Å². The van der Waals surface area contributed by atoms with Crippen molar-refractivity contribution in [3.05, 3.63) is 24.0 Å². The molecule has 6 nitrogen and oxygen atoms in total. The number of nitrogen functional groups attached to an aromatic ring is 1. The number of anilines is 1. The number of nitrogens with two attached hydrogens (primary N) is 1. The fourth-order valence-corrected chi connectivity index (χ4v) is 1.76. The number of hydrogen-bond donors (Lipinski definition) is 1. The van der Waals surface area contributed by atoms with E-state index in [1.165, 1.54) is 6.20 Å². The predicted molar refractivity (Wildman–Crippen MR) is 62.2 cm³/mol. The Balaban J connectivity index is 2.04. The van der Waals surface area contributed by atoms with Gasteiger partial charge in [-0.1, -0.05) is 0 Å². The molecule has 0 radical (unpaired) electrons. The van der Waals surface area contributed by atoms with Crippen LogP contribution in [0.15, 0.2) is 18.3 Å². The van der Waals surface area contributed by atoms with E-state index in [1.54, 1.807) is 21.9 Å². The highest BCUT2D eigenvalue weighted by molar-refractivity contribution is 5.93. The van der Waals surface area contributed by atoms with Crippen molar-refractivity contribution in [2.24, 2.45) is 0 Å². The largest absolute Gasteiger partial charge is 0.399 e. The Morgan fingerprint density at radius 2 is 2.06 bits per heavy atom. The molecule has 2 heterocycles. The number of aromatic nitrogens is 1. The minimum absolute atomic E-state index is 0.136. The van der Waals surface area contributed by atoms with E-state index in [1.807, 2.05) is 0 Å². The average Bonchev–Trinajstić information content (AvgIpc) is 2.38. The Morgan fingerprint density at radius 1 is 1.35 bits per heavy atom. The van der Waals surface area contributed by atoms with Crippen LogP contribution in [0.25, 0.3) is 0 Å². The topological polar surface area (TPSA) is 79.5 Å². The predicted octanol–water partition coefficient (Wildman–Crippen LogP) is -0.422. The van der Waals surface area contributed by atoms with Crippen molar-refractivity contribution >= 4 is 18.0 Å². The second kappa shape index (κ2) is 4.82. The zero-order valence-electron chi connectivity index (χ0n) is 9.37. The first kappa shape index (κ1) is 11.4. The Bertz CT molecular complexity index is 427. The molecule has 0 atom stereocenters. The van der Waals surface area contributed by atoms with Crippen molar-refractivity contribution in [3.63, 3.8) is 0 Å². The highest BCUT2D eigenvalue weighted by Gasteiger charge is 2.22. The molecule has 2 N–H and O–H groups in total. The summed E-state index contributed by atoms with van der Waals surface area (Å²) in [5, 5.41) is 0. The highest BCUT2D eigenvalue weighted by atomic mass is 16.2. The van der Waals surface area contributed by atoms with Crippen LogP contribution in [0.4, 0.5) is 5.69 Å². The monoisotopic (exact) mass is 234 g/mol. The van der Waals surface area contributed by atoms with Crippen molar-refractivity contribution < 1.29 is 9.59 Å². The van der Waals surface area contributed by atoms with Gasteiger partial charge < -0.3 is 15.5 Å². The van der Waals surface area contributed by atoms with Gasteiger partial charge in [0.2, 0.25) is 6.41 Å². The molecule has 17 heavy (non-hydrogen) atoms. The maximum Gasteiger partial charge on any atom is 0.272 e. The fourth-order valence-electron chi connectivity index (χ4n) is 1.76. The van der Waals surface area contributed by atoms with Crippen LogP contribution in [0, 0.1) is 0 Å². The van der Waals surface area contributed by atoms with Crippen molar-refractivity contribution in [1.82, 2.24) is 14.8 Å². The summed E-state index contributed by atoms with van der Waals surface area (Å²) < 4.78 is 0. The zero-order valence-corrected chi connectivity index (χ0v) is 9.37. The third-order valence-electron chi connectivity index (χ3n) is 2.75. The van der Waals surface area contributed by atoms with Gasteiger partial charge in [-0.2, -0.15) is 0 Å². The molecule has 0 unspecified atom stereocenters. The molecule has 1 aromatic heterocycles. The Kier molecular flexibility index (Phi) is 3.22. The summed E-state index contributed by atoms with van der Waals surface area (Å²) in [7, 11) is 0. The van der Waals surface area contributed by atoms with Crippen LogP contribution in [-0.4, -0.2) is 53.3 Å². The molecule has 1 fully saturated rings. The van der Waals surface area contributed by atoms with E-state index in [-0.39, 0.29) is 5.91 Å². The van der Waals surface area contributed by atoms with Crippen LogP contribution in [0.3, 0.4) is 0 Å². The Morgan fingerprint density at radius 3 is 2.65 bits per heavy atom. The van der Waals surface area contributed by atoms with E-state index in [0.717, 1.165) is 6.41 Å². The maximum absolute atomic E-state index is 12.0. The number of pyridine rings is 1. The number of amides is 2. The molecule has 0 bridgehead atoms. The summed E-state index contributed by atoms with van der Waals surface area (Å²) in [6, 6.07) is 3.20. The molecular formula is C11H14N4O2. The lowest BCUT2D eigenvalue weighted by Crippen LogP contribution is -2.48. The van der Waals surface area contributed by atoms with E-state index in [4.69, 9.17) is 5.73 Å². The SMILES string of the molecule is Nc1ccnc(C(=O)N2CCN(C=O)CC2)c1. The van der Waals surface area contributed by atoms with Gasteiger partial charge in [-0.25, -0.2) is 0 Å². The highest BCUT2D eigenvalue weighted by Crippen LogP contribution is 2.08. The zero-order chi connectivity index (χ0) is 12.3. The van der Waals surface area contributed by atoms with E-state index >= 15 is 0 Å². The smallest absolute Gasteiger partial charge is 0.272 e. The van der Waals surface area contributed by atoms with Gasteiger partial charge in [0.05, 0.1) is 0 Å². The van der Waals surface area contributed by atoms with Crippen molar-refractivity contribution in [3.8, 4) is 0 Å². The van der Waals surface area contributed by atoms with Crippen LogP contribution in [0.1, 0.15) is 10.5 Å². The number of carbonyl (C=O) groups excluding carboxylic acids is 2. The molecule has 0 aliphatic carbocycles. The number of nitrogens with zero attached hydrogens (tertiary/aromatic N) is 3. The summed E-state index contributed by atoms with van der Waals surface area (Å²) >= 11 is 0. The van der Waals surface area contributed by atoms with Gasteiger partial charge in [0.25, 0.3) is 5.91 Å². The number of rotatable bonds is 2. The average molecular weight is 234 g/mol. The van der Waals surface area contributed by atoms with Gasteiger partial charge in [-0.3, -0.25) is 14.6 Å². The number of piperazine rings is 1. The molecule has 90 valence electrons. The summed E-state index contributed by atoms with van der Waals surface area (Å²) in [5.74, 6) is -0.136. The summed E-state index contributed by atoms with van der Waals surface area (Å²) in [4.78, 5) is 29.9. The molecule has 2 amide bonds. The minimum Gasteiger partial charge on any atom is -0.399 e. The number of hydrogen-bond acceptors (Lipinski definition) is 4. The molecule has 1 saturated heterocycles. The molecule has 0 saturated carbocycles.